The Morgan fingerprint density at radius 1 is 1.03 bits per heavy atom. The fraction of sp³-hybridized carbons (Fsp3) is 0.400. The van der Waals surface area contributed by atoms with Gasteiger partial charge in [0.05, 0.1) is 14.1 Å². The summed E-state index contributed by atoms with van der Waals surface area (Å²) in [6, 6.07) is 15.9. The quantitative estimate of drug-likeness (QED) is 0.366. The summed E-state index contributed by atoms with van der Waals surface area (Å²) in [6.07, 6.45) is -5.50. The highest BCUT2D eigenvalue weighted by Gasteiger charge is 2.49. The molecule has 4 N–H and O–H groups in total. The van der Waals surface area contributed by atoms with E-state index in [2.05, 4.69) is 12.1 Å². The molecule has 1 fully saturated rings. The summed E-state index contributed by atoms with van der Waals surface area (Å²) in [5, 5.41) is 39.4. The Balaban J connectivity index is 1.51. The second-order valence-electron chi connectivity index (χ2n) is 8.99. The molecular weight excluding hydrogens is 442 g/mol. The Kier molecular flexibility index (Phi) is 7.04. The number of carboxylic acids is 1. The Morgan fingerprint density at radius 3 is 2.44 bits per heavy atom. The van der Waals surface area contributed by atoms with Gasteiger partial charge >= 0.3 is 5.97 Å². The third-order valence-electron chi connectivity index (χ3n) is 6.09. The number of carboxylic acid groups (broad SMARTS) is 1. The number of fused-ring (bicyclic) bond motifs is 2. The molecule has 2 heterocycles. The van der Waals surface area contributed by atoms with Gasteiger partial charge in [-0.05, 0) is 22.8 Å². The number of nitrogens with zero attached hydrogens (tertiary/aromatic N) is 1. The van der Waals surface area contributed by atoms with Gasteiger partial charge in [-0.15, -0.1) is 0 Å². The number of ether oxygens (including phenoxy) is 2. The van der Waals surface area contributed by atoms with Crippen LogP contribution in [0.25, 0.3) is 5.57 Å². The lowest BCUT2D eigenvalue weighted by atomic mass is 9.93. The highest BCUT2D eigenvalue weighted by atomic mass is 16.8. The number of hydroxylamine groups is 3. The molecule has 4 rings (SSSR count). The smallest absolute Gasteiger partial charge is 0.335 e. The first-order valence-electron chi connectivity index (χ1n) is 11.1. The van der Waals surface area contributed by atoms with Crippen molar-refractivity contribution in [1.82, 2.24) is 0 Å². The molecule has 0 bridgehead atoms. The average Bonchev–Trinajstić information content (AvgIpc) is 2.96. The molecular formula is C25H30NO8+. The summed E-state index contributed by atoms with van der Waals surface area (Å²) in [4.78, 5) is 17.2. The van der Waals surface area contributed by atoms with Gasteiger partial charge in [0, 0.05) is 12.0 Å². The van der Waals surface area contributed by atoms with Crippen LogP contribution in [0.1, 0.15) is 23.1 Å². The van der Waals surface area contributed by atoms with Crippen LogP contribution in [-0.4, -0.2) is 82.4 Å². The van der Waals surface area contributed by atoms with Crippen LogP contribution >= 0.6 is 0 Å². The van der Waals surface area contributed by atoms with Crippen molar-refractivity contribution < 1.29 is 44.2 Å². The lowest BCUT2D eigenvalue weighted by Gasteiger charge is -2.40. The van der Waals surface area contributed by atoms with E-state index in [1.165, 1.54) is 0 Å². The van der Waals surface area contributed by atoms with E-state index in [-0.39, 0.29) is 4.65 Å². The number of aliphatic carboxylic acids is 1. The number of carbonyl (C=O) groups is 1. The number of rotatable bonds is 6. The van der Waals surface area contributed by atoms with E-state index < -0.39 is 36.7 Å². The van der Waals surface area contributed by atoms with E-state index in [1.807, 2.05) is 42.5 Å². The third-order valence-corrected chi connectivity index (χ3v) is 6.09. The molecule has 34 heavy (non-hydrogen) atoms. The number of aliphatic hydroxyl groups is 3. The summed E-state index contributed by atoms with van der Waals surface area (Å²) in [6.45, 7) is 0.933. The molecule has 0 unspecified atom stereocenters. The van der Waals surface area contributed by atoms with Crippen LogP contribution < -0.4 is 4.74 Å². The Hall–Kier alpha value is -2.79. The molecule has 0 radical (unpaired) electrons. The Bertz CT molecular complexity index is 1020. The van der Waals surface area contributed by atoms with Gasteiger partial charge in [0.2, 0.25) is 6.29 Å². The minimum atomic E-state index is -1.76. The van der Waals surface area contributed by atoms with Gasteiger partial charge in [-0.2, -0.15) is 9.48 Å². The number of aliphatic hydroxyl groups excluding tert-OH is 3. The van der Waals surface area contributed by atoms with Crippen LogP contribution in [0.4, 0.5) is 0 Å². The number of hydrogen-bond acceptors (Lipinski definition) is 7. The van der Waals surface area contributed by atoms with Gasteiger partial charge in [-0.25, -0.2) is 4.79 Å². The topological polar surface area (TPSA) is 126 Å². The zero-order valence-corrected chi connectivity index (χ0v) is 19.1. The first-order valence-corrected chi connectivity index (χ1v) is 11.1. The van der Waals surface area contributed by atoms with Crippen LogP contribution in [-0.2, 0) is 21.0 Å². The largest absolute Gasteiger partial charge is 0.488 e. The number of para-hydroxylation sites is 1. The molecule has 2 aromatic rings. The maximum Gasteiger partial charge on any atom is 0.335 e. The maximum absolute atomic E-state index is 11.3. The summed E-state index contributed by atoms with van der Waals surface area (Å²) in [5.74, 6) is -0.643. The molecule has 182 valence electrons. The molecule has 0 aliphatic carbocycles. The van der Waals surface area contributed by atoms with Crippen molar-refractivity contribution in [3.8, 4) is 5.75 Å². The number of benzene rings is 2. The molecule has 5 atom stereocenters. The number of hydrogen-bond donors (Lipinski definition) is 4. The third kappa shape index (κ3) is 5.00. The van der Waals surface area contributed by atoms with Crippen LogP contribution in [0.15, 0.2) is 54.6 Å². The fourth-order valence-corrected chi connectivity index (χ4v) is 4.24. The van der Waals surface area contributed by atoms with Crippen molar-refractivity contribution >= 4 is 11.5 Å². The molecule has 0 spiro atoms. The standard InChI is InChI=1S/C25H29NO8/c1-26(2,34-25-22(29)20(27)21(28)23(33-25)24(30)31)13-7-11-17-16-9-4-3-8-15(16)14-32-19-12-6-5-10-18(17)19/h3-6,8-12,20-23,25,27-29H,7,13-14H2,1-2H3/p+1/t20-,21-,22+,23-,25-/m0/s1. The van der Waals surface area contributed by atoms with Crippen molar-refractivity contribution in [3.63, 3.8) is 0 Å². The molecule has 2 aliphatic rings. The van der Waals surface area contributed by atoms with Crippen LogP contribution in [0.2, 0.25) is 0 Å². The molecule has 0 amide bonds. The molecule has 9 nitrogen and oxygen atoms in total. The lowest BCUT2D eigenvalue weighted by molar-refractivity contribution is -1.09. The highest BCUT2D eigenvalue weighted by molar-refractivity contribution is 5.84. The zero-order valence-electron chi connectivity index (χ0n) is 19.1. The summed E-state index contributed by atoms with van der Waals surface area (Å²) >= 11 is 0. The highest BCUT2D eigenvalue weighted by Crippen LogP contribution is 2.36. The van der Waals surface area contributed by atoms with E-state index in [0.717, 1.165) is 28.0 Å². The predicted octanol–water partition coefficient (Wildman–Crippen LogP) is 1.30. The van der Waals surface area contributed by atoms with Gasteiger partial charge in [0.1, 0.15) is 37.2 Å². The number of quaternary nitrogens is 1. The van der Waals surface area contributed by atoms with E-state index in [4.69, 9.17) is 14.3 Å². The van der Waals surface area contributed by atoms with Crippen molar-refractivity contribution in [2.24, 2.45) is 0 Å². The molecule has 0 aromatic heterocycles. The van der Waals surface area contributed by atoms with Crippen molar-refractivity contribution in [3.05, 3.63) is 71.3 Å². The molecule has 2 aliphatic heterocycles. The molecule has 1 saturated heterocycles. The van der Waals surface area contributed by atoms with E-state index in [1.54, 1.807) is 14.1 Å². The minimum Gasteiger partial charge on any atom is -0.488 e. The molecule has 0 saturated carbocycles. The van der Waals surface area contributed by atoms with Gasteiger partial charge in [0.15, 0.2) is 6.10 Å². The molecule has 2 aromatic carbocycles. The van der Waals surface area contributed by atoms with Gasteiger partial charge < -0.3 is 29.9 Å². The van der Waals surface area contributed by atoms with Gasteiger partial charge in [0.25, 0.3) is 0 Å². The first-order chi connectivity index (χ1) is 16.2. The minimum absolute atomic E-state index is 0.0829. The van der Waals surface area contributed by atoms with Gasteiger partial charge in [-0.3, -0.25) is 0 Å². The van der Waals surface area contributed by atoms with Crippen molar-refractivity contribution in [1.29, 1.82) is 0 Å². The maximum atomic E-state index is 11.3. The van der Waals surface area contributed by atoms with Crippen LogP contribution in [0, 0.1) is 0 Å². The van der Waals surface area contributed by atoms with Crippen molar-refractivity contribution in [2.75, 3.05) is 20.6 Å². The summed E-state index contributed by atoms with van der Waals surface area (Å²) < 4.78 is 11.2. The van der Waals surface area contributed by atoms with Crippen LogP contribution in [0.5, 0.6) is 5.75 Å². The second-order valence-corrected chi connectivity index (χ2v) is 8.99. The zero-order chi connectivity index (χ0) is 24.5. The van der Waals surface area contributed by atoms with E-state index >= 15 is 0 Å². The summed E-state index contributed by atoms with van der Waals surface area (Å²) in [5.41, 5.74) is 4.21. The second kappa shape index (κ2) is 9.83. The SMILES string of the molecule is C[N+](C)(CCC=C1c2ccccc2COc2ccccc21)O[C@@H]1O[C@H](C(=O)O)[C@@H](O)[C@H](O)[C@H]1O. The Morgan fingerprint density at radius 2 is 1.71 bits per heavy atom. The predicted molar refractivity (Wildman–Crippen MR) is 121 cm³/mol. The summed E-state index contributed by atoms with van der Waals surface area (Å²) in [7, 11) is 3.47. The van der Waals surface area contributed by atoms with E-state index in [9.17, 15) is 25.2 Å². The normalized spacial score (nSPS) is 27.9. The Labute approximate surface area is 197 Å². The van der Waals surface area contributed by atoms with Crippen LogP contribution in [0.3, 0.4) is 0 Å². The van der Waals surface area contributed by atoms with Crippen molar-refractivity contribution in [2.45, 2.75) is 43.7 Å². The fourth-order valence-electron chi connectivity index (χ4n) is 4.24. The lowest BCUT2D eigenvalue weighted by Crippen LogP contribution is -2.62. The molecule has 9 heteroatoms. The average molecular weight is 473 g/mol. The first kappa shape index (κ1) is 24.3. The van der Waals surface area contributed by atoms with Gasteiger partial charge in [-0.1, -0.05) is 48.5 Å². The monoisotopic (exact) mass is 472 g/mol. The van der Waals surface area contributed by atoms with E-state index in [0.29, 0.717) is 19.6 Å².